The molecule has 1 heterocycles. The van der Waals surface area contributed by atoms with Gasteiger partial charge in [-0.05, 0) is 43.0 Å². The summed E-state index contributed by atoms with van der Waals surface area (Å²) in [6, 6.07) is 6.53. The molecule has 4 nitrogen and oxygen atoms in total. The zero-order valence-electron chi connectivity index (χ0n) is 11.1. The van der Waals surface area contributed by atoms with E-state index in [1.807, 2.05) is 6.07 Å². The maximum absolute atomic E-state index is 10.6. The number of rotatable bonds is 4. The van der Waals surface area contributed by atoms with Crippen LogP contribution in [0, 0.1) is 0 Å². The summed E-state index contributed by atoms with van der Waals surface area (Å²) in [6.07, 6.45) is 3.44. The van der Waals surface area contributed by atoms with Crippen molar-refractivity contribution in [1.29, 1.82) is 0 Å². The van der Waals surface area contributed by atoms with E-state index in [9.17, 15) is 4.79 Å². The second kappa shape index (κ2) is 5.58. The van der Waals surface area contributed by atoms with Crippen molar-refractivity contribution in [3.8, 4) is 0 Å². The predicted molar refractivity (Wildman–Crippen MR) is 81.9 cm³/mol. The molecule has 1 atom stereocenters. The number of benzene rings is 1. The van der Waals surface area contributed by atoms with Gasteiger partial charge in [0.15, 0.2) is 0 Å². The standard InChI is InChI=1S/C15H17BrN2O2/c16-9-4-5-12-11(8-9)10-2-1-3-13(15(10)18-12)17-7-6-14(19)20/h4-5,8,13,17-18H,1-3,6-7H2,(H,19,20). The van der Waals surface area contributed by atoms with E-state index < -0.39 is 5.97 Å². The molecule has 0 radical (unpaired) electrons. The first kappa shape index (κ1) is 13.6. The van der Waals surface area contributed by atoms with Crippen molar-refractivity contribution in [2.24, 2.45) is 0 Å². The highest BCUT2D eigenvalue weighted by Gasteiger charge is 2.23. The highest BCUT2D eigenvalue weighted by Crippen LogP contribution is 2.35. The summed E-state index contributed by atoms with van der Waals surface area (Å²) in [5.41, 5.74) is 3.76. The molecule has 1 unspecified atom stereocenters. The van der Waals surface area contributed by atoms with E-state index in [2.05, 4.69) is 38.4 Å². The fraction of sp³-hybridized carbons (Fsp3) is 0.400. The third-order valence-corrected chi connectivity index (χ3v) is 4.39. The smallest absolute Gasteiger partial charge is 0.304 e. The molecule has 5 heteroatoms. The van der Waals surface area contributed by atoms with E-state index in [-0.39, 0.29) is 12.5 Å². The van der Waals surface area contributed by atoms with Gasteiger partial charge in [-0.3, -0.25) is 4.79 Å². The van der Waals surface area contributed by atoms with Gasteiger partial charge in [0.05, 0.1) is 6.42 Å². The molecule has 0 bridgehead atoms. The monoisotopic (exact) mass is 336 g/mol. The first-order valence-electron chi connectivity index (χ1n) is 6.90. The van der Waals surface area contributed by atoms with Crippen LogP contribution < -0.4 is 5.32 Å². The third kappa shape index (κ3) is 2.60. The highest BCUT2D eigenvalue weighted by atomic mass is 79.9. The molecule has 1 aliphatic carbocycles. The lowest BCUT2D eigenvalue weighted by atomic mass is 9.91. The van der Waals surface area contributed by atoms with Gasteiger partial charge in [0.1, 0.15) is 0 Å². The van der Waals surface area contributed by atoms with Gasteiger partial charge in [0, 0.05) is 33.7 Å². The van der Waals surface area contributed by atoms with Crippen LogP contribution in [0.25, 0.3) is 10.9 Å². The number of carboxylic acids is 1. The fourth-order valence-corrected chi connectivity index (χ4v) is 3.35. The van der Waals surface area contributed by atoms with E-state index in [1.54, 1.807) is 0 Å². The summed E-state index contributed by atoms with van der Waals surface area (Å²) in [5, 5.41) is 13.4. The topological polar surface area (TPSA) is 65.1 Å². The number of H-pyrrole nitrogens is 1. The average Bonchev–Trinajstić information content (AvgIpc) is 2.77. The Morgan fingerprint density at radius 2 is 2.35 bits per heavy atom. The molecule has 2 aromatic rings. The van der Waals surface area contributed by atoms with E-state index in [0.29, 0.717) is 6.54 Å². The maximum Gasteiger partial charge on any atom is 0.304 e. The van der Waals surface area contributed by atoms with E-state index in [0.717, 1.165) is 29.3 Å². The van der Waals surface area contributed by atoms with Crippen molar-refractivity contribution in [2.75, 3.05) is 6.54 Å². The number of aryl methyl sites for hydroxylation is 1. The van der Waals surface area contributed by atoms with Gasteiger partial charge in [-0.15, -0.1) is 0 Å². The summed E-state index contributed by atoms with van der Waals surface area (Å²) >= 11 is 3.52. The highest BCUT2D eigenvalue weighted by molar-refractivity contribution is 9.10. The lowest BCUT2D eigenvalue weighted by Gasteiger charge is -2.23. The SMILES string of the molecule is O=C(O)CCNC1CCCc2c1[nH]c1ccc(Br)cc21. The molecule has 3 N–H and O–H groups in total. The van der Waals surface area contributed by atoms with E-state index in [4.69, 9.17) is 5.11 Å². The molecular formula is C15H17BrN2O2. The van der Waals surface area contributed by atoms with Crippen LogP contribution in [0.5, 0.6) is 0 Å². The van der Waals surface area contributed by atoms with Gasteiger partial charge in [-0.2, -0.15) is 0 Å². The first-order valence-corrected chi connectivity index (χ1v) is 7.69. The zero-order valence-corrected chi connectivity index (χ0v) is 12.7. The molecule has 0 amide bonds. The molecule has 0 saturated heterocycles. The number of carboxylic acid groups (broad SMARTS) is 1. The number of fused-ring (bicyclic) bond motifs is 3. The summed E-state index contributed by atoms with van der Waals surface area (Å²) in [7, 11) is 0. The third-order valence-electron chi connectivity index (χ3n) is 3.90. The van der Waals surface area contributed by atoms with Crippen LogP contribution in [0.2, 0.25) is 0 Å². The number of aliphatic carboxylic acids is 1. The van der Waals surface area contributed by atoms with Crippen molar-refractivity contribution < 1.29 is 9.90 Å². The Bertz CT molecular complexity index is 651. The Labute approximate surface area is 125 Å². The maximum atomic E-state index is 10.6. The summed E-state index contributed by atoms with van der Waals surface area (Å²) < 4.78 is 1.09. The molecule has 1 aromatic carbocycles. The van der Waals surface area contributed by atoms with Crippen molar-refractivity contribution >= 4 is 32.8 Å². The normalized spacial score (nSPS) is 18.1. The Hall–Kier alpha value is -1.33. The van der Waals surface area contributed by atoms with Crippen molar-refractivity contribution in [1.82, 2.24) is 10.3 Å². The number of hydrogen-bond acceptors (Lipinski definition) is 2. The Balaban J connectivity index is 1.88. The van der Waals surface area contributed by atoms with E-state index in [1.165, 1.54) is 16.6 Å². The molecule has 1 aliphatic rings. The van der Waals surface area contributed by atoms with Crippen LogP contribution in [0.3, 0.4) is 0 Å². The van der Waals surface area contributed by atoms with Crippen LogP contribution in [0.15, 0.2) is 22.7 Å². The summed E-state index contributed by atoms with van der Waals surface area (Å²) in [5.74, 6) is -0.755. The molecule has 0 aliphatic heterocycles. The molecule has 3 rings (SSSR count). The van der Waals surface area contributed by atoms with Crippen LogP contribution in [0.4, 0.5) is 0 Å². The predicted octanol–water partition coefficient (Wildman–Crippen LogP) is 3.37. The van der Waals surface area contributed by atoms with Crippen molar-refractivity contribution in [3.05, 3.63) is 33.9 Å². The second-order valence-electron chi connectivity index (χ2n) is 5.25. The molecule has 0 saturated carbocycles. The molecule has 20 heavy (non-hydrogen) atoms. The minimum Gasteiger partial charge on any atom is -0.481 e. The molecule has 1 aromatic heterocycles. The largest absolute Gasteiger partial charge is 0.481 e. The van der Waals surface area contributed by atoms with E-state index >= 15 is 0 Å². The van der Waals surface area contributed by atoms with Gasteiger partial charge < -0.3 is 15.4 Å². The van der Waals surface area contributed by atoms with Gasteiger partial charge in [0.25, 0.3) is 0 Å². The summed E-state index contributed by atoms with van der Waals surface area (Å²) in [6.45, 7) is 0.512. The molecule has 0 spiro atoms. The molecular weight excluding hydrogens is 320 g/mol. The van der Waals surface area contributed by atoms with Gasteiger partial charge >= 0.3 is 5.97 Å². The number of aromatic amines is 1. The number of nitrogens with one attached hydrogen (secondary N) is 2. The lowest BCUT2D eigenvalue weighted by molar-refractivity contribution is -0.136. The number of hydrogen-bond donors (Lipinski definition) is 3. The summed E-state index contributed by atoms with van der Waals surface area (Å²) in [4.78, 5) is 14.1. The van der Waals surface area contributed by atoms with Gasteiger partial charge in [-0.25, -0.2) is 0 Å². The first-order chi connectivity index (χ1) is 9.65. The number of carbonyl (C=O) groups is 1. The van der Waals surface area contributed by atoms with Gasteiger partial charge in [-0.1, -0.05) is 15.9 Å². The quantitative estimate of drug-likeness (QED) is 0.801. The van der Waals surface area contributed by atoms with Crippen LogP contribution in [-0.4, -0.2) is 22.6 Å². The lowest BCUT2D eigenvalue weighted by Crippen LogP contribution is -2.27. The average molecular weight is 337 g/mol. The minimum atomic E-state index is -0.755. The Kier molecular flexibility index (Phi) is 3.81. The fourth-order valence-electron chi connectivity index (χ4n) is 2.99. The minimum absolute atomic E-state index is 0.164. The number of aromatic nitrogens is 1. The van der Waals surface area contributed by atoms with Crippen molar-refractivity contribution in [2.45, 2.75) is 31.7 Å². The van der Waals surface area contributed by atoms with Crippen LogP contribution in [-0.2, 0) is 11.2 Å². The molecule has 106 valence electrons. The zero-order chi connectivity index (χ0) is 14.1. The Morgan fingerprint density at radius 3 is 3.15 bits per heavy atom. The molecule has 0 fully saturated rings. The van der Waals surface area contributed by atoms with Crippen molar-refractivity contribution in [3.63, 3.8) is 0 Å². The van der Waals surface area contributed by atoms with Crippen LogP contribution >= 0.6 is 15.9 Å². The second-order valence-corrected chi connectivity index (χ2v) is 6.17. The Morgan fingerprint density at radius 1 is 1.50 bits per heavy atom. The number of halogens is 1. The van der Waals surface area contributed by atoms with Gasteiger partial charge in [0.2, 0.25) is 0 Å². The van der Waals surface area contributed by atoms with Crippen LogP contribution in [0.1, 0.15) is 36.6 Å².